The van der Waals surface area contributed by atoms with Crippen LogP contribution in [0.25, 0.3) is 0 Å². The zero-order valence-electron chi connectivity index (χ0n) is 17.8. The highest BCUT2D eigenvalue weighted by atomic mass is 16.8. The van der Waals surface area contributed by atoms with Gasteiger partial charge in [-0.3, -0.25) is 5.41 Å². The van der Waals surface area contributed by atoms with Gasteiger partial charge in [-0.25, -0.2) is 14.4 Å². The Hall–Kier alpha value is -3.10. The maximum atomic E-state index is 12.4. The molecule has 0 fully saturated rings. The van der Waals surface area contributed by atoms with Crippen LogP contribution in [-0.4, -0.2) is 58.8 Å². The van der Waals surface area contributed by atoms with E-state index in [9.17, 15) is 19.5 Å². The van der Waals surface area contributed by atoms with Crippen LogP contribution in [-0.2, 0) is 25.6 Å². The van der Waals surface area contributed by atoms with Gasteiger partial charge in [0, 0.05) is 7.05 Å². The van der Waals surface area contributed by atoms with Gasteiger partial charge < -0.3 is 19.6 Å². The van der Waals surface area contributed by atoms with Crippen molar-refractivity contribution in [2.45, 2.75) is 58.4 Å². The molecule has 0 aromatic heterocycles. The maximum Gasteiger partial charge on any atom is 0.451 e. The summed E-state index contributed by atoms with van der Waals surface area (Å²) in [5, 5.41) is 18.1. The molecule has 1 aromatic rings. The number of amides is 1. The molecule has 1 atom stereocenters. The number of guanidine groups is 1. The molecule has 2 N–H and O–H groups in total. The van der Waals surface area contributed by atoms with E-state index in [1.807, 2.05) is 44.2 Å². The van der Waals surface area contributed by atoms with Crippen LogP contribution in [0.4, 0.5) is 4.79 Å². The number of nitrogens with one attached hydrogen (secondary N) is 1. The zero-order valence-corrected chi connectivity index (χ0v) is 17.8. The lowest BCUT2D eigenvalue weighted by Crippen LogP contribution is -2.52. The first kappa shape index (κ1) is 24.9. The van der Waals surface area contributed by atoms with Crippen LogP contribution in [0.2, 0.25) is 0 Å². The Kier molecular flexibility index (Phi) is 11.0. The molecule has 0 saturated carbocycles. The second kappa shape index (κ2) is 13.2. The fraction of sp³-hybridized carbons (Fsp3) is 0.524. The number of unbranched alkanes of at least 4 members (excludes halogenated alkanes) is 1. The van der Waals surface area contributed by atoms with Gasteiger partial charge >= 0.3 is 18.0 Å². The minimum Gasteiger partial charge on any atom is -0.480 e. The quantitative estimate of drug-likeness (QED) is 0.257. The molecule has 1 unspecified atom stereocenters. The van der Waals surface area contributed by atoms with E-state index < -0.39 is 30.0 Å². The molecule has 0 aliphatic rings. The molecule has 166 valence electrons. The summed E-state index contributed by atoms with van der Waals surface area (Å²) in [7, 11) is 1.36. The van der Waals surface area contributed by atoms with Gasteiger partial charge in [0.1, 0.15) is 6.04 Å². The maximum absolute atomic E-state index is 12.4. The Balaban J connectivity index is 2.88. The monoisotopic (exact) mass is 421 g/mol. The van der Waals surface area contributed by atoms with Gasteiger partial charge in [-0.15, -0.1) is 0 Å². The first-order valence-electron chi connectivity index (χ1n) is 10.1. The Labute approximate surface area is 177 Å². The number of hydroxylamine groups is 2. The van der Waals surface area contributed by atoms with Crippen LogP contribution >= 0.6 is 0 Å². The highest BCUT2D eigenvalue weighted by Gasteiger charge is 2.33. The number of aliphatic carboxylic acids is 1. The van der Waals surface area contributed by atoms with Crippen molar-refractivity contribution in [2.75, 3.05) is 13.7 Å². The normalized spacial score (nSPS) is 11.3. The van der Waals surface area contributed by atoms with Crippen LogP contribution in [0.15, 0.2) is 30.3 Å². The van der Waals surface area contributed by atoms with Crippen molar-refractivity contribution in [2.24, 2.45) is 0 Å². The fourth-order valence-corrected chi connectivity index (χ4v) is 2.62. The zero-order chi connectivity index (χ0) is 22.5. The van der Waals surface area contributed by atoms with Crippen LogP contribution in [0.1, 0.15) is 51.5 Å². The number of carboxylic acids is 1. The number of carbonyl (C=O) groups is 3. The van der Waals surface area contributed by atoms with Gasteiger partial charge in [0.25, 0.3) is 0 Å². The molecular weight excluding hydrogens is 390 g/mol. The number of aryl methyl sites for hydroxylation is 1. The third-order valence-electron chi connectivity index (χ3n) is 4.38. The summed E-state index contributed by atoms with van der Waals surface area (Å²) < 4.78 is 5.07. The second-order valence-corrected chi connectivity index (χ2v) is 6.79. The van der Waals surface area contributed by atoms with Crippen LogP contribution in [0.5, 0.6) is 0 Å². The van der Waals surface area contributed by atoms with E-state index in [4.69, 9.17) is 15.0 Å². The molecule has 0 aliphatic heterocycles. The molecule has 0 spiro atoms. The van der Waals surface area contributed by atoms with Crippen LogP contribution < -0.4 is 0 Å². The summed E-state index contributed by atoms with van der Waals surface area (Å²) in [6.07, 6.45) is 1.57. The highest BCUT2D eigenvalue weighted by molar-refractivity contribution is 5.94. The average molecular weight is 421 g/mol. The molecule has 1 rings (SSSR count). The third-order valence-corrected chi connectivity index (χ3v) is 4.38. The number of ether oxygens (including phenoxy) is 1. The third kappa shape index (κ3) is 8.10. The van der Waals surface area contributed by atoms with Crippen molar-refractivity contribution in [3.63, 3.8) is 0 Å². The number of rotatable bonds is 10. The SMILES string of the molecule is CCCCOC(=O)N(OC(=O)CCc1ccccc1)C(=N)N(C)C(CCC)C(=O)O. The first-order valence-corrected chi connectivity index (χ1v) is 10.1. The van der Waals surface area contributed by atoms with E-state index in [2.05, 4.69) is 0 Å². The summed E-state index contributed by atoms with van der Waals surface area (Å²) in [5.74, 6) is -2.45. The summed E-state index contributed by atoms with van der Waals surface area (Å²) in [6.45, 7) is 3.84. The van der Waals surface area contributed by atoms with Crippen LogP contribution in [0, 0.1) is 5.41 Å². The minimum absolute atomic E-state index is 0.0168. The molecule has 0 heterocycles. The summed E-state index contributed by atoms with van der Waals surface area (Å²) >= 11 is 0. The lowest BCUT2D eigenvalue weighted by Gasteiger charge is -2.31. The molecule has 9 nitrogen and oxygen atoms in total. The number of nitrogens with zero attached hydrogens (tertiary/aromatic N) is 2. The Morgan fingerprint density at radius 2 is 1.80 bits per heavy atom. The molecule has 0 bridgehead atoms. The lowest BCUT2D eigenvalue weighted by molar-refractivity contribution is -0.169. The number of carbonyl (C=O) groups excluding carboxylic acids is 2. The van der Waals surface area contributed by atoms with Gasteiger partial charge in [0.2, 0.25) is 5.96 Å². The predicted octanol–water partition coefficient (Wildman–Crippen LogP) is 3.44. The Morgan fingerprint density at radius 3 is 2.37 bits per heavy atom. The van der Waals surface area contributed by atoms with E-state index in [0.29, 0.717) is 24.3 Å². The predicted molar refractivity (Wildman–Crippen MR) is 111 cm³/mol. The van der Waals surface area contributed by atoms with Gasteiger partial charge in [-0.1, -0.05) is 62.1 Å². The molecule has 0 aliphatic carbocycles. The minimum atomic E-state index is -1.14. The molecule has 9 heteroatoms. The molecule has 1 aromatic carbocycles. The molecule has 0 saturated heterocycles. The standard InChI is InChI=1S/C21H31N3O6/c1-4-6-15-29-21(28)24(20(22)23(3)17(10-5-2)19(26)27)30-18(25)14-13-16-11-8-7-9-12-16/h7-9,11-12,17,22H,4-6,10,13-15H2,1-3H3,(H,26,27). The van der Waals surface area contributed by atoms with E-state index in [-0.39, 0.29) is 19.4 Å². The Morgan fingerprint density at radius 1 is 1.13 bits per heavy atom. The number of likely N-dealkylation sites (N-methyl/N-ethyl adjacent to an activating group) is 1. The van der Waals surface area contributed by atoms with E-state index in [1.54, 1.807) is 0 Å². The summed E-state index contributed by atoms with van der Waals surface area (Å²) in [5.41, 5.74) is 0.924. The smallest absolute Gasteiger partial charge is 0.451 e. The average Bonchev–Trinajstić information content (AvgIpc) is 2.74. The van der Waals surface area contributed by atoms with Crippen LogP contribution in [0.3, 0.4) is 0 Å². The topological polar surface area (TPSA) is 120 Å². The largest absolute Gasteiger partial charge is 0.480 e. The summed E-state index contributed by atoms with van der Waals surface area (Å²) in [6, 6.07) is 8.24. The highest BCUT2D eigenvalue weighted by Crippen LogP contribution is 2.12. The fourth-order valence-electron chi connectivity index (χ4n) is 2.62. The Bertz CT molecular complexity index is 710. The second-order valence-electron chi connectivity index (χ2n) is 6.79. The summed E-state index contributed by atoms with van der Waals surface area (Å²) in [4.78, 5) is 42.5. The van der Waals surface area contributed by atoms with E-state index in [0.717, 1.165) is 16.9 Å². The van der Waals surface area contributed by atoms with Gasteiger partial charge in [-0.2, -0.15) is 0 Å². The molecular formula is C21H31N3O6. The van der Waals surface area contributed by atoms with E-state index in [1.165, 1.54) is 7.05 Å². The molecule has 0 radical (unpaired) electrons. The molecule has 30 heavy (non-hydrogen) atoms. The number of benzene rings is 1. The number of hydrogen-bond donors (Lipinski definition) is 2. The van der Waals surface area contributed by atoms with Gasteiger partial charge in [-0.05, 0) is 24.8 Å². The number of hydrogen-bond acceptors (Lipinski definition) is 6. The van der Waals surface area contributed by atoms with Crippen molar-refractivity contribution < 1.29 is 29.1 Å². The van der Waals surface area contributed by atoms with Crippen molar-refractivity contribution >= 4 is 24.0 Å². The lowest BCUT2D eigenvalue weighted by atomic mass is 10.1. The van der Waals surface area contributed by atoms with Crippen molar-refractivity contribution in [3.05, 3.63) is 35.9 Å². The van der Waals surface area contributed by atoms with Crippen molar-refractivity contribution in [3.8, 4) is 0 Å². The van der Waals surface area contributed by atoms with Gasteiger partial charge in [0.15, 0.2) is 0 Å². The first-order chi connectivity index (χ1) is 14.3. The molecule has 1 amide bonds. The number of carboxylic acid groups (broad SMARTS) is 1. The van der Waals surface area contributed by atoms with Crippen molar-refractivity contribution in [1.82, 2.24) is 9.96 Å². The van der Waals surface area contributed by atoms with Gasteiger partial charge in [0.05, 0.1) is 13.0 Å². The van der Waals surface area contributed by atoms with Crippen molar-refractivity contribution in [1.29, 1.82) is 5.41 Å². The van der Waals surface area contributed by atoms with E-state index >= 15 is 0 Å².